The highest BCUT2D eigenvalue weighted by atomic mass is 32.2. The van der Waals surface area contributed by atoms with Crippen molar-refractivity contribution in [3.8, 4) is 33.5 Å². The van der Waals surface area contributed by atoms with Gasteiger partial charge in [0, 0.05) is 28.8 Å². The van der Waals surface area contributed by atoms with E-state index in [1.165, 1.54) is 5.56 Å². The summed E-state index contributed by atoms with van der Waals surface area (Å²) in [6, 6.07) is 14.2. The van der Waals surface area contributed by atoms with Crippen LogP contribution in [0.4, 0.5) is 0 Å². The maximum absolute atomic E-state index is 5.41. The van der Waals surface area contributed by atoms with Crippen molar-refractivity contribution in [2.24, 2.45) is 0 Å². The summed E-state index contributed by atoms with van der Waals surface area (Å²) in [6.45, 7) is 5.02. The maximum atomic E-state index is 5.41. The first-order chi connectivity index (χ1) is 15.1. The van der Waals surface area contributed by atoms with Crippen molar-refractivity contribution >= 4 is 23.1 Å². The van der Waals surface area contributed by atoms with Crippen LogP contribution in [0.25, 0.3) is 22.0 Å². The third kappa shape index (κ3) is 4.60. The topological polar surface area (TPSA) is 62.1 Å². The molecule has 0 saturated carbocycles. The Morgan fingerprint density at radius 2 is 1.84 bits per heavy atom. The molecule has 0 saturated heterocycles. The first kappa shape index (κ1) is 21.4. The maximum Gasteiger partial charge on any atom is 0.191 e. The number of thiazole rings is 1. The number of aromatic nitrogens is 4. The van der Waals surface area contributed by atoms with Gasteiger partial charge in [0.1, 0.15) is 5.01 Å². The SMILES string of the molecule is CCn1c(SCc2csc(-c3ccc(OC)c(OC)c3)n2)nnc1-c1cccc(C)c1. The lowest BCUT2D eigenvalue weighted by molar-refractivity contribution is 0.355. The molecule has 0 radical (unpaired) electrons. The van der Waals surface area contributed by atoms with Crippen LogP contribution >= 0.6 is 23.1 Å². The summed E-state index contributed by atoms with van der Waals surface area (Å²) >= 11 is 3.28. The molecule has 0 amide bonds. The summed E-state index contributed by atoms with van der Waals surface area (Å²) in [7, 11) is 3.27. The van der Waals surface area contributed by atoms with Crippen LogP contribution in [0.5, 0.6) is 11.5 Å². The zero-order valence-electron chi connectivity index (χ0n) is 18.0. The van der Waals surface area contributed by atoms with Gasteiger partial charge >= 0.3 is 0 Å². The molecule has 0 atom stereocenters. The molecule has 0 fully saturated rings. The van der Waals surface area contributed by atoms with Crippen LogP contribution in [-0.2, 0) is 12.3 Å². The summed E-state index contributed by atoms with van der Waals surface area (Å²) < 4.78 is 12.9. The number of rotatable bonds is 8. The second-order valence-electron chi connectivity index (χ2n) is 6.92. The van der Waals surface area contributed by atoms with E-state index in [-0.39, 0.29) is 0 Å². The van der Waals surface area contributed by atoms with Crippen LogP contribution in [0.2, 0.25) is 0 Å². The van der Waals surface area contributed by atoms with Crippen LogP contribution in [0, 0.1) is 6.92 Å². The van der Waals surface area contributed by atoms with Crippen molar-refractivity contribution in [1.29, 1.82) is 0 Å². The lowest BCUT2D eigenvalue weighted by Gasteiger charge is -2.08. The molecule has 0 aliphatic carbocycles. The van der Waals surface area contributed by atoms with Crippen molar-refractivity contribution in [1.82, 2.24) is 19.7 Å². The van der Waals surface area contributed by atoms with E-state index in [4.69, 9.17) is 14.5 Å². The van der Waals surface area contributed by atoms with Crippen LogP contribution < -0.4 is 9.47 Å². The van der Waals surface area contributed by atoms with E-state index in [1.807, 2.05) is 18.2 Å². The Hall–Kier alpha value is -2.84. The van der Waals surface area contributed by atoms with E-state index in [9.17, 15) is 0 Å². The van der Waals surface area contributed by atoms with E-state index in [0.29, 0.717) is 11.5 Å². The largest absolute Gasteiger partial charge is 0.493 e. The van der Waals surface area contributed by atoms with Gasteiger partial charge in [-0.1, -0.05) is 35.5 Å². The number of benzene rings is 2. The Kier molecular flexibility index (Phi) is 6.58. The second kappa shape index (κ2) is 9.53. The molecule has 31 heavy (non-hydrogen) atoms. The average molecular weight is 453 g/mol. The lowest BCUT2D eigenvalue weighted by Crippen LogP contribution is -2.00. The average Bonchev–Trinajstić information content (AvgIpc) is 3.44. The van der Waals surface area contributed by atoms with Crippen LogP contribution in [-0.4, -0.2) is 34.0 Å². The first-order valence-electron chi connectivity index (χ1n) is 9.92. The Labute approximate surface area is 190 Å². The molecule has 0 aliphatic heterocycles. The molecule has 2 aromatic heterocycles. The van der Waals surface area contributed by atoms with E-state index >= 15 is 0 Å². The highest BCUT2D eigenvalue weighted by molar-refractivity contribution is 7.98. The first-order valence-corrected chi connectivity index (χ1v) is 11.8. The molecule has 4 aromatic rings. The number of hydrogen-bond acceptors (Lipinski definition) is 7. The zero-order chi connectivity index (χ0) is 21.8. The number of nitrogens with zero attached hydrogens (tertiary/aromatic N) is 4. The molecule has 6 nitrogen and oxygen atoms in total. The van der Waals surface area contributed by atoms with Crippen LogP contribution in [0.15, 0.2) is 53.0 Å². The molecule has 0 unspecified atom stereocenters. The van der Waals surface area contributed by atoms with Gasteiger partial charge in [-0.05, 0) is 38.1 Å². The summed E-state index contributed by atoms with van der Waals surface area (Å²) in [5.74, 6) is 3.04. The number of thioether (sulfide) groups is 1. The Morgan fingerprint density at radius 3 is 2.58 bits per heavy atom. The van der Waals surface area contributed by atoms with Gasteiger partial charge in [0.25, 0.3) is 0 Å². The highest BCUT2D eigenvalue weighted by Gasteiger charge is 2.15. The smallest absolute Gasteiger partial charge is 0.191 e. The van der Waals surface area contributed by atoms with Crippen LogP contribution in [0.1, 0.15) is 18.2 Å². The minimum atomic E-state index is 0.700. The van der Waals surface area contributed by atoms with Gasteiger partial charge < -0.3 is 14.0 Å². The number of methoxy groups -OCH3 is 2. The summed E-state index contributed by atoms with van der Waals surface area (Å²) in [6.07, 6.45) is 0. The van der Waals surface area contributed by atoms with Gasteiger partial charge in [0.15, 0.2) is 22.5 Å². The van der Waals surface area contributed by atoms with Crippen molar-refractivity contribution in [3.63, 3.8) is 0 Å². The Balaban J connectivity index is 1.50. The quantitative estimate of drug-likeness (QED) is 0.319. The predicted octanol–water partition coefficient (Wildman–Crippen LogP) is 5.71. The van der Waals surface area contributed by atoms with E-state index in [0.717, 1.165) is 45.1 Å². The minimum Gasteiger partial charge on any atom is -0.493 e. The van der Waals surface area contributed by atoms with E-state index < -0.39 is 0 Å². The Bertz CT molecular complexity index is 1190. The van der Waals surface area contributed by atoms with Gasteiger partial charge in [0.2, 0.25) is 0 Å². The van der Waals surface area contributed by atoms with E-state index in [1.54, 1.807) is 37.3 Å². The standard InChI is InChI=1S/C23H24N4O2S2/c1-5-27-21(16-8-6-7-15(2)11-16)25-26-23(27)31-14-18-13-30-22(24-18)17-9-10-19(28-3)20(12-17)29-4/h6-13H,5,14H2,1-4H3. The molecule has 8 heteroatoms. The number of hydrogen-bond donors (Lipinski definition) is 0. The fraction of sp³-hybridized carbons (Fsp3) is 0.261. The zero-order valence-corrected chi connectivity index (χ0v) is 19.6. The molecule has 2 heterocycles. The number of ether oxygens (including phenoxy) is 2. The minimum absolute atomic E-state index is 0.700. The molecule has 0 spiro atoms. The number of aryl methyl sites for hydroxylation is 1. The molecular weight excluding hydrogens is 428 g/mol. The third-order valence-electron chi connectivity index (χ3n) is 4.84. The monoisotopic (exact) mass is 452 g/mol. The third-order valence-corrected chi connectivity index (χ3v) is 6.78. The normalized spacial score (nSPS) is 11.0. The van der Waals surface area contributed by atoms with Crippen LogP contribution in [0.3, 0.4) is 0 Å². The lowest BCUT2D eigenvalue weighted by atomic mass is 10.1. The summed E-state index contributed by atoms with van der Waals surface area (Å²) in [5, 5.41) is 12.8. The molecule has 0 aliphatic rings. The highest BCUT2D eigenvalue weighted by Crippen LogP contribution is 2.34. The van der Waals surface area contributed by atoms with Gasteiger partial charge in [0.05, 0.1) is 19.9 Å². The molecule has 2 aromatic carbocycles. The fourth-order valence-corrected chi connectivity index (χ4v) is 5.11. The van der Waals surface area contributed by atoms with Crippen molar-refractivity contribution < 1.29 is 9.47 Å². The second-order valence-corrected chi connectivity index (χ2v) is 8.72. The summed E-state index contributed by atoms with van der Waals surface area (Å²) in [5.41, 5.74) is 4.33. The fourth-order valence-electron chi connectivity index (χ4n) is 3.29. The van der Waals surface area contributed by atoms with Gasteiger partial charge in [-0.15, -0.1) is 21.5 Å². The van der Waals surface area contributed by atoms with Crippen molar-refractivity contribution in [2.45, 2.75) is 31.3 Å². The van der Waals surface area contributed by atoms with Gasteiger partial charge in [-0.2, -0.15) is 0 Å². The Morgan fingerprint density at radius 1 is 1.00 bits per heavy atom. The van der Waals surface area contributed by atoms with Gasteiger partial charge in [-0.25, -0.2) is 4.98 Å². The molecule has 160 valence electrons. The van der Waals surface area contributed by atoms with E-state index in [2.05, 4.69) is 58.3 Å². The molecule has 0 N–H and O–H groups in total. The summed E-state index contributed by atoms with van der Waals surface area (Å²) in [4.78, 5) is 4.80. The molecule has 4 rings (SSSR count). The molecule has 0 bridgehead atoms. The molecular formula is C23H24N4O2S2. The predicted molar refractivity (Wildman–Crippen MR) is 126 cm³/mol. The van der Waals surface area contributed by atoms with Crippen molar-refractivity contribution in [2.75, 3.05) is 14.2 Å². The van der Waals surface area contributed by atoms with Crippen molar-refractivity contribution in [3.05, 3.63) is 59.1 Å². The van der Waals surface area contributed by atoms with Gasteiger partial charge in [-0.3, -0.25) is 0 Å².